The van der Waals surface area contributed by atoms with Crippen molar-refractivity contribution in [1.29, 1.82) is 0 Å². The third kappa shape index (κ3) is 6.40. The molecule has 1 rings (SSSR count). The summed E-state index contributed by atoms with van der Waals surface area (Å²) in [4.78, 5) is 11.5. The molecule has 0 saturated carbocycles. The Morgan fingerprint density at radius 2 is 2.26 bits per heavy atom. The molecule has 0 spiro atoms. The maximum absolute atomic E-state index is 12.9. The van der Waals surface area contributed by atoms with E-state index in [1.165, 1.54) is 18.2 Å². The van der Waals surface area contributed by atoms with Crippen LogP contribution in [0, 0.1) is 5.82 Å². The van der Waals surface area contributed by atoms with Crippen molar-refractivity contribution in [3.05, 3.63) is 29.0 Å². The first-order valence-electron chi connectivity index (χ1n) is 6.17. The molecule has 0 heterocycles. The van der Waals surface area contributed by atoms with Crippen molar-refractivity contribution >= 4 is 23.2 Å². The summed E-state index contributed by atoms with van der Waals surface area (Å²) < 4.78 is 18.1. The van der Waals surface area contributed by atoms with Crippen LogP contribution in [0.3, 0.4) is 0 Å². The molecule has 0 bridgehead atoms. The number of ether oxygens (including phenoxy) is 1. The molecule has 0 fully saturated rings. The average Bonchev–Trinajstić information content (AvgIpc) is 2.40. The molecule has 2 N–H and O–H groups in total. The first-order chi connectivity index (χ1) is 9.13. The fraction of sp³-hybridized carbons (Fsp3) is 0.462. The van der Waals surface area contributed by atoms with Gasteiger partial charge >= 0.3 is 0 Å². The van der Waals surface area contributed by atoms with Crippen LogP contribution >= 0.6 is 11.6 Å². The van der Waals surface area contributed by atoms with E-state index in [4.69, 9.17) is 16.3 Å². The van der Waals surface area contributed by atoms with Gasteiger partial charge in [-0.25, -0.2) is 4.39 Å². The van der Waals surface area contributed by atoms with Crippen LogP contribution in [0.2, 0.25) is 5.02 Å². The third-order valence-electron chi connectivity index (χ3n) is 2.36. The van der Waals surface area contributed by atoms with E-state index >= 15 is 0 Å². The van der Waals surface area contributed by atoms with Gasteiger partial charge in [0.2, 0.25) is 5.91 Å². The van der Waals surface area contributed by atoms with E-state index in [1.807, 2.05) is 6.92 Å². The van der Waals surface area contributed by atoms with Crippen LogP contribution in [-0.4, -0.2) is 32.2 Å². The summed E-state index contributed by atoms with van der Waals surface area (Å²) in [5.41, 5.74) is 0.607. The Hall–Kier alpha value is -1.33. The highest BCUT2D eigenvalue weighted by Crippen LogP contribution is 2.18. The third-order valence-corrected chi connectivity index (χ3v) is 2.65. The first kappa shape index (κ1) is 15.7. The van der Waals surface area contributed by atoms with Crippen LogP contribution in [0.15, 0.2) is 18.2 Å². The van der Waals surface area contributed by atoms with E-state index < -0.39 is 5.82 Å². The molecule has 0 radical (unpaired) electrons. The zero-order valence-electron chi connectivity index (χ0n) is 10.8. The lowest BCUT2D eigenvalue weighted by molar-refractivity contribution is -0.119. The summed E-state index contributed by atoms with van der Waals surface area (Å²) in [5.74, 6) is -0.607. The fourth-order valence-corrected chi connectivity index (χ4v) is 1.58. The molecule has 1 amide bonds. The Labute approximate surface area is 117 Å². The molecule has 0 aliphatic rings. The van der Waals surface area contributed by atoms with Crippen LogP contribution < -0.4 is 10.6 Å². The lowest BCUT2D eigenvalue weighted by Gasteiger charge is -2.08. The van der Waals surface area contributed by atoms with Gasteiger partial charge in [-0.3, -0.25) is 4.79 Å². The lowest BCUT2D eigenvalue weighted by atomic mass is 10.3. The van der Waals surface area contributed by atoms with Gasteiger partial charge in [0.15, 0.2) is 0 Å². The van der Waals surface area contributed by atoms with E-state index in [9.17, 15) is 9.18 Å². The van der Waals surface area contributed by atoms with Crippen molar-refractivity contribution in [2.45, 2.75) is 13.3 Å². The van der Waals surface area contributed by atoms with Gasteiger partial charge in [-0.1, -0.05) is 11.6 Å². The normalized spacial score (nSPS) is 10.3. The van der Waals surface area contributed by atoms with Gasteiger partial charge in [0.25, 0.3) is 0 Å². The van der Waals surface area contributed by atoms with Crippen LogP contribution in [0.4, 0.5) is 10.1 Å². The highest BCUT2D eigenvalue weighted by Gasteiger charge is 2.03. The average molecular weight is 289 g/mol. The molecule has 106 valence electrons. The van der Waals surface area contributed by atoms with Gasteiger partial charge in [0.05, 0.1) is 11.6 Å². The second kappa shape index (κ2) is 8.72. The van der Waals surface area contributed by atoms with Crippen molar-refractivity contribution in [2.75, 3.05) is 31.6 Å². The molecular formula is C13H18ClFN2O2. The Morgan fingerprint density at radius 1 is 1.47 bits per heavy atom. The maximum Gasteiger partial charge on any atom is 0.239 e. The minimum atomic E-state index is -0.479. The summed E-state index contributed by atoms with van der Waals surface area (Å²) in [6, 6.07) is 4.23. The molecule has 1 aromatic rings. The van der Waals surface area contributed by atoms with E-state index in [0.717, 1.165) is 6.42 Å². The Kier molecular flexibility index (Phi) is 7.22. The number of benzene rings is 1. The second-order valence-corrected chi connectivity index (χ2v) is 4.29. The SMILES string of the molecule is CCOCCCNC(=O)CNc1ccc(F)c(Cl)c1. The molecule has 6 heteroatoms. The number of nitrogens with one attached hydrogen (secondary N) is 2. The summed E-state index contributed by atoms with van der Waals surface area (Å²) >= 11 is 5.63. The Balaban J connectivity index is 2.20. The van der Waals surface area contributed by atoms with Crippen molar-refractivity contribution in [3.8, 4) is 0 Å². The molecule has 0 saturated heterocycles. The number of hydrogen-bond donors (Lipinski definition) is 2. The van der Waals surface area contributed by atoms with Gasteiger partial charge in [-0.2, -0.15) is 0 Å². The van der Waals surface area contributed by atoms with E-state index in [0.29, 0.717) is 25.4 Å². The quantitative estimate of drug-likeness (QED) is 0.723. The Bertz CT molecular complexity index is 416. The monoisotopic (exact) mass is 288 g/mol. The molecule has 0 atom stereocenters. The molecule has 0 unspecified atom stereocenters. The first-order valence-corrected chi connectivity index (χ1v) is 6.54. The minimum Gasteiger partial charge on any atom is -0.382 e. The minimum absolute atomic E-state index is 0.0297. The van der Waals surface area contributed by atoms with E-state index in [1.54, 1.807) is 0 Å². The van der Waals surface area contributed by atoms with Crippen molar-refractivity contribution in [1.82, 2.24) is 5.32 Å². The number of carbonyl (C=O) groups is 1. The largest absolute Gasteiger partial charge is 0.382 e. The van der Waals surface area contributed by atoms with E-state index in [-0.39, 0.29) is 17.5 Å². The van der Waals surface area contributed by atoms with Crippen molar-refractivity contribution in [3.63, 3.8) is 0 Å². The molecule has 19 heavy (non-hydrogen) atoms. The summed E-state index contributed by atoms with van der Waals surface area (Å²) in [6.07, 6.45) is 0.780. The summed E-state index contributed by atoms with van der Waals surface area (Å²) in [6.45, 7) is 3.94. The van der Waals surface area contributed by atoms with Gasteiger partial charge in [0, 0.05) is 25.4 Å². The number of anilines is 1. The second-order valence-electron chi connectivity index (χ2n) is 3.88. The summed E-state index contributed by atoms with van der Waals surface area (Å²) in [7, 11) is 0. The highest BCUT2D eigenvalue weighted by atomic mass is 35.5. The van der Waals surface area contributed by atoms with E-state index in [2.05, 4.69) is 10.6 Å². The number of hydrogen-bond acceptors (Lipinski definition) is 3. The van der Waals surface area contributed by atoms with Crippen LogP contribution in [0.5, 0.6) is 0 Å². The predicted molar refractivity (Wildman–Crippen MR) is 74.0 cm³/mol. The number of rotatable bonds is 8. The van der Waals surface area contributed by atoms with Gasteiger partial charge in [-0.05, 0) is 31.5 Å². The zero-order chi connectivity index (χ0) is 14.1. The number of carbonyl (C=O) groups excluding carboxylic acids is 1. The van der Waals surface area contributed by atoms with Crippen LogP contribution in [0.25, 0.3) is 0 Å². The smallest absolute Gasteiger partial charge is 0.239 e. The van der Waals surface area contributed by atoms with Crippen LogP contribution in [-0.2, 0) is 9.53 Å². The molecule has 1 aromatic carbocycles. The molecule has 4 nitrogen and oxygen atoms in total. The fourth-order valence-electron chi connectivity index (χ4n) is 1.40. The van der Waals surface area contributed by atoms with Gasteiger partial charge in [0.1, 0.15) is 5.82 Å². The predicted octanol–water partition coefficient (Wildman–Crippen LogP) is 2.43. The zero-order valence-corrected chi connectivity index (χ0v) is 11.6. The van der Waals surface area contributed by atoms with Gasteiger partial charge < -0.3 is 15.4 Å². The number of halogens is 2. The molecule has 0 aliphatic carbocycles. The standard InChI is InChI=1S/C13H18ClFN2O2/c1-2-19-7-3-6-16-13(18)9-17-10-4-5-12(15)11(14)8-10/h4-5,8,17H,2-3,6-7,9H2,1H3,(H,16,18). The molecule has 0 aliphatic heterocycles. The maximum atomic E-state index is 12.9. The van der Waals surface area contributed by atoms with Crippen LogP contribution in [0.1, 0.15) is 13.3 Å². The van der Waals surface area contributed by atoms with Crippen molar-refractivity contribution < 1.29 is 13.9 Å². The summed E-state index contributed by atoms with van der Waals surface area (Å²) in [5, 5.41) is 5.65. The Morgan fingerprint density at radius 3 is 2.95 bits per heavy atom. The van der Waals surface area contributed by atoms with Gasteiger partial charge in [-0.15, -0.1) is 0 Å². The van der Waals surface area contributed by atoms with Crippen molar-refractivity contribution in [2.24, 2.45) is 0 Å². The molecular weight excluding hydrogens is 271 g/mol. The lowest BCUT2D eigenvalue weighted by Crippen LogP contribution is -2.31. The highest BCUT2D eigenvalue weighted by molar-refractivity contribution is 6.31. The number of amides is 1. The topological polar surface area (TPSA) is 50.4 Å². The molecule has 0 aromatic heterocycles.